The van der Waals surface area contributed by atoms with Crippen LogP contribution >= 0.6 is 0 Å². The zero-order valence-corrected chi connectivity index (χ0v) is 11.1. The molecule has 2 rings (SSSR count). The van der Waals surface area contributed by atoms with E-state index in [1.54, 1.807) is 5.57 Å². The highest BCUT2D eigenvalue weighted by atomic mass is 14.7. The quantitative estimate of drug-likeness (QED) is 0.790. The van der Waals surface area contributed by atoms with Crippen LogP contribution in [0.1, 0.15) is 64.2 Å². The van der Waals surface area contributed by atoms with Gasteiger partial charge in [0.05, 0.1) is 0 Å². The highest BCUT2D eigenvalue weighted by Gasteiger charge is 2.27. The van der Waals surface area contributed by atoms with Crippen LogP contribution in [0.25, 0.3) is 0 Å². The molecule has 0 heterocycles. The first-order chi connectivity index (χ1) is 8.33. The molecule has 0 unspecified atom stereocenters. The summed E-state index contributed by atoms with van der Waals surface area (Å²) in [5.74, 6) is 1.52. The van der Waals surface area contributed by atoms with Crippen LogP contribution in [0.5, 0.6) is 0 Å². The van der Waals surface area contributed by atoms with Gasteiger partial charge in [0.2, 0.25) is 0 Å². The molecule has 2 fully saturated rings. The van der Waals surface area contributed by atoms with Crippen molar-refractivity contribution in [3.05, 3.63) is 11.3 Å². The number of hydrogen-bond donors (Lipinski definition) is 2. The molecule has 0 aromatic carbocycles. The molecular weight excluding hydrogens is 208 g/mol. The van der Waals surface area contributed by atoms with Crippen molar-refractivity contribution in [2.45, 2.75) is 64.2 Å². The maximum Gasteiger partial charge on any atom is 0.0326 e. The number of rotatable bonds is 3. The minimum atomic E-state index is 0.558. The average molecular weight is 236 g/mol. The van der Waals surface area contributed by atoms with Gasteiger partial charge >= 0.3 is 0 Å². The van der Waals surface area contributed by atoms with Crippen molar-refractivity contribution in [3.63, 3.8) is 0 Å². The predicted molar refractivity (Wildman–Crippen MR) is 73.4 cm³/mol. The van der Waals surface area contributed by atoms with E-state index in [-0.39, 0.29) is 0 Å². The fourth-order valence-corrected chi connectivity index (χ4v) is 3.80. The molecule has 2 heteroatoms. The lowest BCUT2D eigenvalue weighted by Gasteiger charge is -2.33. The summed E-state index contributed by atoms with van der Waals surface area (Å²) in [6.07, 6.45) is 13.8. The molecule has 4 N–H and O–H groups in total. The summed E-state index contributed by atoms with van der Waals surface area (Å²) < 4.78 is 0. The molecule has 2 aliphatic rings. The summed E-state index contributed by atoms with van der Waals surface area (Å²) in [6.45, 7) is 0.558. The Morgan fingerprint density at radius 1 is 0.765 bits per heavy atom. The van der Waals surface area contributed by atoms with Crippen LogP contribution in [0.15, 0.2) is 11.3 Å². The van der Waals surface area contributed by atoms with E-state index >= 15 is 0 Å². The van der Waals surface area contributed by atoms with Crippen LogP contribution in [-0.4, -0.2) is 6.54 Å². The first-order valence-electron chi connectivity index (χ1n) is 7.51. The molecular formula is C15H28N2. The van der Waals surface area contributed by atoms with Crippen molar-refractivity contribution in [1.82, 2.24) is 0 Å². The van der Waals surface area contributed by atoms with Gasteiger partial charge in [0.1, 0.15) is 0 Å². The minimum Gasteiger partial charge on any atom is -0.401 e. The van der Waals surface area contributed by atoms with E-state index in [0.717, 1.165) is 17.5 Å². The topological polar surface area (TPSA) is 52.0 Å². The number of nitrogens with two attached hydrogens (primary N) is 2. The van der Waals surface area contributed by atoms with Crippen LogP contribution < -0.4 is 11.5 Å². The zero-order valence-electron chi connectivity index (χ0n) is 11.1. The summed E-state index contributed by atoms with van der Waals surface area (Å²) in [6, 6.07) is 0. The fraction of sp³-hybridized carbons (Fsp3) is 0.867. The lowest BCUT2D eigenvalue weighted by molar-refractivity contribution is 0.322. The van der Waals surface area contributed by atoms with Crippen molar-refractivity contribution in [2.75, 3.05) is 6.54 Å². The van der Waals surface area contributed by atoms with Crippen LogP contribution in [0.3, 0.4) is 0 Å². The Kier molecular flexibility index (Phi) is 4.90. The molecule has 98 valence electrons. The van der Waals surface area contributed by atoms with E-state index in [0.29, 0.717) is 6.54 Å². The van der Waals surface area contributed by atoms with Gasteiger partial charge in [0.15, 0.2) is 0 Å². The van der Waals surface area contributed by atoms with Gasteiger partial charge in [-0.3, -0.25) is 0 Å². The van der Waals surface area contributed by atoms with Gasteiger partial charge in [-0.1, -0.05) is 38.5 Å². The van der Waals surface area contributed by atoms with Gasteiger partial charge < -0.3 is 11.5 Å². The summed E-state index contributed by atoms with van der Waals surface area (Å²) in [5, 5.41) is 0. The summed E-state index contributed by atoms with van der Waals surface area (Å²) in [7, 11) is 0. The molecule has 2 saturated carbocycles. The first-order valence-corrected chi connectivity index (χ1v) is 7.51. The zero-order chi connectivity index (χ0) is 12.1. The molecule has 2 nitrogen and oxygen atoms in total. The van der Waals surface area contributed by atoms with Crippen molar-refractivity contribution in [3.8, 4) is 0 Å². The minimum absolute atomic E-state index is 0.558. The molecule has 0 aromatic heterocycles. The second-order valence-corrected chi connectivity index (χ2v) is 5.85. The SMILES string of the molecule is NCC(N)=C(C1CCCCC1)C1CCCCC1. The van der Waals surface area contributed by atoms with E-state index in [4.69, 9.17) is 11.5 Å². The maximum atomic E-state index is 6.23. The molecule has 0 aromatic rings. The molecule has 0 atom stereocenters. The Morgan fingerprint density at radius 2 is 1.18 bits per heavy atom. The predicted octanol–water partition coefficient (Wildman–Crippen LogP) is 3.32. The van der Waals surface area contributed by atoms with Gasteiger partial charge in [-0.2, -0.15) is 0 Å². The maximum absolute atomic E-state index is 6.23. The van der Waals surface area contributed by atoms with E-state index in [1.165, 1.54) is 64.2 Å². The molecule has 0 saturated heterocycles. The summed E-state index contributed by atoms with van der Waals surface area (Å²) in [5.41, 5.74) is 14.6. The van der Waals surface area contributed by atoms with E-state index in [9.17, 15) is 0 Å². The number of hydrogen-bond acceptors (Lipinski definition) is 2. The number of allylic oxidation sites excluding steroid dienone is 1. The van der Waals surface area contributed by atoms with E-state index in [2.05, 4.69) is 0 Å². The molecule has 0 aliphatic heterocycles. The van der Waals surface area contributed by atoms with Gasteiger partial charge in [-0.05, 0) is 43.1 Å². The van der Waals surface area contributed by atoms with E-state index in [1.807, 2.05) is 0 Å². The van der Waals surface area contributed by atoms with Crippen LogP contribution in [0.4, 0.5) is 0 Å². The van der Waals surface area contributed by atoms with Crippen LogP contribution in [0.2, 0.25) is 0 Å². The standard InChI is InChI=1S/C15H28N2/c16-11-14(17)15(12-7-3-1-4-8-12)13-9-5-2-6-10-13/h12-13H,1-11,16-17H2. The molecule has 0 radical (unpaired) electrons. The Balaban J connectivity index is 2.11. The second kappa shape index (κ2) is 6.44. The Morgan fingerprint density at radius 3 is 1.53 bits per heavy atom. The Hall–Kier alpha value is -0.500. The first kappa shape index (κ1) is 12.9. The fourth-order valence-electron chi connectivity index (χ4n) is 3.80. The smallest absolute Gasteiger partial charge is 0.0326 e. The van der Waals surface area contributed by atoms with Gasteiger partial charge in [-0.15, -0.1) is 0 Å². The molecule has 17 heavy (non-hydrogen) atoms. The molecule has 0 bridgehead atoms. The highest BCUT2D eigenvalue weighted by Crippen LogP contribution is 2.40. The lowest BCUT2D eigenvalue weighted by Crippen LogP contribution is -2.25. The van der Waals surface area contributed by atoms with Gasteiger partial charge in [0.25, 0.3) is 0 Å². The van der Waals surface area contributed by atoms with Crippen molar-refractivity contribution >= 4 is 0 Å². The molecule has 0 amide bonds. The van der Waals surface area contributed by atoms with E-state index < -0.39 is 0 Å². The molecule has 2 aliphatic carbocycles. The van der Waals surface area contributed by atoms with Crippen LogP contribution in [0, 0.1) is 11.8 Å². The van der Waals surface area contributed by atoms with Crippen LogP contribution in [-0.2, 0) is 0 Å². The molecule has 0 spiro atoms. The van der Waals surface area contributed by atoms with Crippen molar-refractivity contribution in [1.29, 1.82) is 0 Å². The van der Waals surface area contributed by atoms with Crippen molar-refractivity contribution in [2.24, 2.45) is 23.3 Å². The summed E-state index contributed by atoms with van der Waals surface area (Å²) >= 11 is 0. The second-order valence-electron chi connectivity index (χ2n) is 5.85. The Labute approximate surface area is 106 Å². The monoisotopic (exact) mass is 236 g/mol. The summed E-state index contributed by atoms with van der Waals surface area (Å²) in [4.78, 5) is 0. The Bertz CT molecular complexity index is 238. The normalized spacial score (nSPS) is 23.6. The third-order valence-electron chi connectivity index (χ3n) is 4.68. The van der Waals surface area contributed by atoms with Gasteiger partial charge in [0, 0.05) is 12.2 Å². The lowest BCUT2D eigenvalue weighted by atomic mass is 9.73. The third kappa shape index (κ3) is 3.25. The largest absolute Gasteiger partial charge is 0.401 e. The van der Waals surface area contributed by atoms with Gasteiger partial charge in [-0.25, -0.2) is 0 Å². The highest BCUT2D eigenvalue weighted by molar-refractivity contribution is 5.20. The van der Waals surface area contributed by atoms with Crippen molar-refractivity contribution < 1.29 is 0 Å². The third-order valence-corrected chi connectivity index (χ3v) is 4.68. The average Bonchev–Trinajstić information content (AvgIpc) is 2.41.